The van der Waals surface area contributed by atoms with E-state index in [0.717, 1.165) is 12.1 Å². The molecule has 1 saturated heterocycles. The van der Waals surface area contributed by atoms with Crippen molar-refractivity contribution >= 4 is 58.0 Å². The zero-order valence-electron chi connectivity index (χ0n) is 15.5. The van der Waals surface area contributed by atoms with Gasteiger partial charge in [-0.15, -0.1) is 0 Å². The summed E-state index contributed by atoms with van der Waals surface area (Å²) in [7, 11) is 0. The molecule has 28 heavy (non-hydrogen) atoms. The minimum Gasteiger partial charge on any atom is -0.348 e. The number of nitrogens with zero attached hydrogens (tertiary/aromatic N) is 2. The number of pyridine rings is 1. The molecule has 3 rings (SSSR count). The number of carbonyl (C=O) groups is 1. The van der Waals surface area contributed by atoms with Crippen molar-refractivity contribution in [3.05, 3.63) is 34.2 Å². The first-order valence-corrected chi connectivity index (χ1v) is 10.8. The summed E-state index contributed by atoms with van der Waals surface area (Å²) in [5.41, 5.74) is 1.07. The van der Waals surface area contributed by atoms with E-state index in [1.807, 2.05) is 22.5 Å². The van der Waals surface area contributed by atoms with Gasteiger partial charge in [-0.25, -0.2) is 0 Å². The molecule has 0 aliphatic carbocycles. The van der Waals surface area contributed by atoms with Gasteiger partial charge in [0.25, 0.3) is 5.56 Å². The van der Waals surface area contributed by atoms with Crippen LogP contribution in [-0.2, 0) is 11.3 Å². The number of aromatic nitrogens is 1. The topological polar surface area (TPSA) is 66.4 Å². The largest absolute Gasteiger partial charge is 0.348 e. The first kappa shape index (κ1) is 21.7. The fraction of sp³-hybridized carbons (Fsp3) is 0.611. The predicted octanol–water partition coefficient (Wildman–Crippen LogP) is 2.75. The van der Waals surface area contributed by atoms with Crippen LogP contribution in [0.4, 0.5) is 0 Å². The Morgan fingerprint density at radius 3 is 2.71 bits per heavy atom. The van der Waals surface area contributed by atoms with Crippen molar-refractivity contribution in [3.63, 3.8) is 0 Å². The van der Waals surface area contributed by atoms with Crippen molar-refractivity contribution in [3.8, 4) is 0 Å². The van der Waals surface area contributed by atoms with Crippen LogP contribution in [0, 0.1) is 5.92 Å². The summed E-state index contributed by atoms with van der Waals surface area (Å²) in [4.78, 5) is 26.2. The maximum Gasteiger partial charge on any atom is 0.250 e. The van der Waals surface area contributed by atoms with E-state index in [9.17, 15) is 9.59 Å². The second-order valence-electron chi connectivity index (χ2n) is 7.34. The number of piperidine rings is 1. The SMILES string of the molecule is CCCC(=O)N[C@@H](NC(=S)N1C[C@@H]2C[C@H](C1)c1cccc(=O)n1C2)C(Cl)(Cl)Cl. The fourth-order valence-electron chi connectivity index (χ4n) is 3.94. The van der Waals surface area contributed by atoms with Gasteiger partial charge in [0.1, 0.15) is 6.17 Å². The van der Waals surface area contributed by atoms with Gasteiger partial charge in [-0.3, -0.25) is 9.59 Å². The van der Waals surface area contributed by atoms with Gasteiger partial charge in [-0.05, 0) is 37.0 Å². The average Bonchev–Trinajstić information content (AvgIpc) is 2.61. The number of nitrogens with one attached hydrogen (secondary N) is 2. The van der Waals surface area contributed by atoms with Crippen LogP contribution in [0.1, 0.15) is 37.8 Å². The summed E-state index contributed by atoms with van der Waals surface area (Å²) >= 11 is 23.7. The molecule has 0 aromatic carbocycles. The lowest BCUT2D eigenvalue weighted by atomic mass is 9.83. The molecule has 6 nitrogen and oxygen atoms in total. The van der Waals surface area contributed by atoms with Gasteiger partial charge in [-0.1, -0.05) is 47.8 Å². The van der Waals surface area contributed by atoms with Crippen LogP contribution in [0.15, 0.2) is 23.0 Å². The van der Waals surface area contributed by atoms with Crippen LogP contribution < -0.4 is 16.2 Å². The van der Waals surface area contributed by atoms with E-state index in [2.05, 4.69) is 10.6 Å². The highest BCUT2D eigenvalue weighted by Gasteiger charge is 2.38. The van der Waals surface area contributed by atoms with Crippen LogP contribution in [0.5, 0.6) is 0 Å². The summed E-state index contributed by atoms with van der Waals surface area (Å²) in [5.74, 6) is 0.312. The second kappa shape index (κ2) is 8.78. The minimum absolute atomic E-state index is 0.0382. The maximum absolute atomic E-state index is 12.1. The summed E-state index contributed by atoms with van der Waals surface area (Å²) in [5, 5.41) is 6.12. The number of fused-ring (bicyclic) bond motifs is 4. The Balaban J connectivity index is 1.71. The van der Waals surface area contributed by atoms with Crippen molar-refractivity contribution in [1.29, 1.82) is 0 Å². The van der Waals surface area contributed by atoms with E-state index < -0.39 is 9.96 Å². The van der Waals surface area contributed by atoms with Crippen molar-refractivity contribution in [2.24, 2.45) is 5.92 Å². The molecule has 3 heterocycles. The summed E-state index contributed by atoms with van der Waals surface area (Å²) in [6.07, 6.45) is 1.12. The van der Waals surface area contributed by atoms with Crippen LogP contribution in [0.3, 0.4) is 0 Å². The zero-order chi connectivity index (χ0) is 20.5. The van der Waals surface area contributed by atoms with Gasteiger partial charge in [-0.2, -0.15) is 0 Å². The molecule has 2 N–H and O–H groups in total. The molecule has 10 heteroatoms. The molecule has 1 amide bonds. The molecule has 0 spiro atoms. The lowest BCUT2D eigenvalue weighted by Gasteiger charge is -2.44. The predicted molar refractivity (Wildman–Crippen MR) is 116 cm³/mol. The number of hydrogen-bond acceptors (Lipinski definition) is 3. The molecule has 1 aromatic heterocycles. The van der Waals surface area contributed by atoms with Crippen LogP contribution >= 0.6 is 47.0 Å². The molecule has 1 aromatic rings. The number of carbonyl (C=O) groups excluding carboxylic acids is 1. The Kier molecular flexibility index (Phi) is 6.80. The summed E-state index contributed by atoms with van der Waals surface area (Å²) in [6, 6.07) is 5.39. The van der Waals surface area contributed by atoms with E-state index in [-0.39, 0.29) is 17.4 Å². The number of thiocarbonyl (C=S) groups is 1. The van der Waals surface area contributed by atoms with Crippen LogP contribution in [-0.4, -0.2) is 43.5 Å². The minimum atomic E-state index is -1.75. The number of hydrogen-bond donors (Lipinski definition) is 2. The Bertz CT molecular complexity index is 811. The number of alkyl halides is 3. The van der Waals surface area contributed by atoms with Gasteiger partial charge < -0.3 is 20.1 Å². The second-order valence-corrected chi connectivity index (χ2v) is 10.1. The van der Waals surface area contributed by atoms with Crippen molar-refractivity contribution in [1.82, 2.24) is 20.1 Å². The smallest absolute Gasteiger partial charge is 0.250 e. The van der Waals surface area contributed by atoms with E-state index in [1.54, 1.807) is 12.1 Å². The van der Waals surface area contributed by atoms with Gasteiger partial charge in [0.05, 0.1) is 0 Å². The van der Waals surface area contributed by atoms with Crippen molar-refractivity contribution < 1.29 is 4.79 Å². The normalized spacial score (nSPS) is 22.2. The van der Waals surface area contributed by atoms with E-state index >= 15 is 0 Å². The van der Waals surface area contributed by atoms with Crippen LogP contribution in [0.2, 0.25) is 0 Å². The third kappa shape index (κ3) is 4.93. The highest BCUT2D eigenvalue weighted by molar-refractivity contribution is 7.80. The molecular formula is C18H23Cl3N4O2S. The molecule has 2 bridgehead atoms. The van der Waals surface area contributed by atoms with Crippen molar-refractivity contribution in [2.75, 3.05) is 13.1 Å². The first-order chi connectivity index (χ1) is 13.2. The maximum atomic E-state index is 12.1. The Hall–Kier alpha value is -1.02. The number of amides is 1. The quantitative estimate of drug-likeness (QED) is 0.407. The zero-order valence-corrected chi connectivity index (χ0v) is 18.5. The molecule has 0 saturated carbocycles. The lowest BCUT2D eigenvalue weighted by molar-refractivity contribution is -0.121. The molecule has 1 fully saturated rings. The highest BCUT2D eigenvalue weighted by atomic mass is 35.6. The molecular weight excluding hydrogens is 443 g/mol. The van der Waals surface area contributed by atoms with Gasteiger partial charge in [0.15, 0.2) is 5.11 Å². The van der Waals surface area contributed by atoms with E-state index in [1.165, 1.54) is 0 Å². The highest BCUT2D eigenvalue weighted by Crippen LogP contribution is 2.35. The third-order valence-corrected chi connectivity index (χ3v) is 6.18. The number of halogens is 3. The Morgan fingerprint density at radius 2 is 2.04 bits per heavy atom. The molecule has 2 aliphatic rings. The molecule has 154 valence electrons. The molecule has 2 aliphatic heterocycles. The van der Waals surface area contributed by atoms with Crippen LogP contribution in [0.25, 0.3) is 0 Å². The standard InChI is InChI=1S/C18H23Cl3N4O2S/c1-2-4-14(26)22-16(18(19,20)21)23-17(28)24-8-11-7-12(10-24)13-5-3-6-15(27)25(13)9-11/h3,5-6,11-12,16H,2,4,7-10H2,1H3,(H,22,26)(H,23,28)/t11-,12+,16-/m0/s1. The average molecular weight is 466 g/mol. The van der Waals surface area contributed by atoms with Gasteiger partial charge >= 0.3 is 0 Å². The van der Waals surface area contributed by atoms with Gasteiger partial charge in [0, 0.05) is 43.7 Å². The summed E-state index contributed by atoms with van der Waals surface area (Å²) in [6.45, 7) is 3.95. The van der Waals surface area contributed by atoms with Crippen molar-refractivity contribution in [2.45, 2.75) is 48.6 Å². The van der Waals surface area contributed by atoms with E-state index in [0.29, 0.717) is 43.5 Å². The molecule has 3 atom stereocenters. The van der Waals surface area contributed by atoms with E-state index in [4.69, 9.17) is 47.0 Å². The molecule has 0 radical (unpaired) electrons. The third-order valence-electron chi connectivity index (χ3n) is 5.14. The number of rotatable bonds is 4. The first-order valence-electron chi connectivity index (χ1n) is 9.30. The molecule has 0 unspecified atom stereocenters. The summed E-state index contributed by atoms with van der Waals surface area (Å²) < 4.78 is 0.112. The Morgan fingerprint density at radius 1 is 1.29 bits per heavy atom. The fourth-order valence-corrected chi connectivity index (χ4v) is 4.53. The monoisotopic (exact) mass is 464 g/mol. The lowest BCUT2D eigenvalue weighted by Crippen LogP contribution is -2.60. The Labute approximate surface area is 184 Å². The van der Waals surface area contributed by atoms with Gasteiger partial charge in [0.2, 0.25) is 9.70 Å². The number of likely N-dealkylation sites (tertiary alicyclic amines) is 1.